The number of halogens is 3. The van der Waals surface area contributed by atoms with Gasteiger partial charge in [0.15, 0.2) is 0 Å². The molecule has 2 amide bonds. The zero-order valence-electron chi connectivity index (χ0n) is 13.4. The van der Waals surface area contributed by atoms with Crippen LogP contribution >= 0.6 is 39.1 Å². The van der Waals surface area contributed by atoms with Crippen molar-refractivity contribution in [3.63, 3.8) is 0 Å². The standard InChI is InChI=1S/C16H11BrCl2N4O4/c17-10-5-4-9(6-13(10)23(26)27)8-20-22-15(25)7-14(24)21-12-3-1-2-11(18)16(12)19/h1-6,8H,7H2,(H,21,24)(H,22,25). The van der Waals surface area contributed by atoms with Crippen LogP contribution in [-0.4, -0.2) is 23.0 Å². The van der Waals surface area contributed by atoms with E-state index >= 15 is 0 Å². The number of amides is 2. The van der Waals surface area contributed by atoms with Crippen molar-refractivity contribution in [3.05, 3.63) is 66.6 Å². The molecule has 11 heteroatoms. The molecule has 0 aromatic heterocycles. The third-order valence-corrected chi connectivity index (χ3v) is 4.61. The quantitative estimate of drug-likeness (QED) is 0.284. The lowest BCUT2D eigenvalue weighted by Gasteiger charge is -2.07. The zero-order valence-corrected chi connectivity index (χ0v) is 16.5. The molecular formula is C16H11BrCl2N4O4. The molecule has 2 aromatic carbocycles. The lowest BCUT2D eigenvalue weighted by molar-refractivity contribution is -0.385. The largest absolute Gasteiger partial charge is 0.324 e. The number of carbonyl (C=O) groups excluding carboxylic acids is 2. The number of anilines is 1. The molecule has 0 unspecified atom stereocenters. The van der Waals surface area contributed by atoms with Crippen molar-refractivity contribution in [1.29, 1.82) is 0 Å². The van der Waals surface area contributed by atoms with Crippen LogP contribution in [0.1, 0.15) is 12.0 Å². The van der Waals surface area contributed by atoms with Crippen molar-refractivity contribution in [3.8, 4) is 0 Å². The molecule has 0 atom stereocenters. The molecule has 2 rings (SSSR count). The third-order valence-electron chi connectivity index (χ3n) is 3.12. The van der Waals surface area contributed by atoms with Gasteiger partial charge < -0.3 is 5.32 Å². The number of hydrogen-bond donors (Lipinski definition) is 2. The molecule has 2 aromatic rings. The summed E-state index contributed by atoms with van der Waals surface area (Å²) in [5.74, 6) is -1.28. The van der Waals surface area contributed by atoms with Crippen LogP contribution in [0, 0.1) is 10.1 Å². The van der Waals surface area contributed by atoms with Crippen molar-refractivity contribution in [2.75, 3.05) is 5.32 Å². The summed E-state index contributed by atoms with van der Waals surface area (Å²) in [4.78, 5) is 33.9. The number of hydrogen-bond acceptors (Lipinski definition) is 5. The van der Waals surface area contributed by atoms with E-state index in [1.54, 1.807) is 24.3 Å². The maximum absolute atomic E-state index is 11.9. The fourth-order valence-electron chi connectivity index (χ4n) is 1.91. The minimum Gasteiger partial charge on any atom is -0.324 e. The highest BCUT2D eigenvalue weighted by molar-refractivity contribution is 9.10. The third kappa shape index (κ3) is 6.02. The van der Waals surface area contributed by atoms with E-state index in [4.69, 9.17) is 23.2 Å². The van der Waals surface area contributed by atoms with Crippen LogP contribution < -0.4 is 10.7 Å². The first-order chi connectivity index (χ1) is 12.8. The highest BCUT2D eigenvalue weighted by atomic mass is 79.9. The summed E-state index contributed by atoms with van der Waals surface area (Å²) >= 11 is 14.9. The molecule has 140 valence electrons. The van der Waals surface area contributed by atoms with Crippen LogP contribution in [0.2, 0.25) is 10.0 Å². The van der Waals surface area contributed by atoms with Gasteiger partial charge in [-0.05, 0) is 34.1 Å². The van der Waals surface area contributed by atoms with Gasteiger partial charge in [-0.1, -0.05) is 35.3 Å². The average Bonchev–Trinajstić information content (AvgIpc) is 2.60. The van der Waals surface area contributed by atoms with Gasteiger partial charge in [0.2, 0.25) is 11.8 Å². The Morgan fingerprint density at radius 1 is 1.22 bits per heavy atom. The number of hydrazone groups is 1. The maximum Gasteiger partial charge on any atom is 0.284 e. The average molecular weight is 474 g/mol. The van der Waals surface area contributed by atoms with E-state index in [9.17, 15) is 19.7 Å². The van der Waals surface area contributed by atoms with Gasteiger partial charge in [0.1, 0.15) is 6.42 Å². The van der Waals surface area contributed by atoms with Gasteiger partial charge in [0.05, 0.1) is 31.3 Å². The van der Waals surface area contributed by atoms with Crippen molar-refractivity contribution in [2.45, 2.75) is 6.42 Å². The van der Waals surface area contributed by atoms with Gasteiger partial charge in [0, 0.05) is 11.6 Å². The lowest BCUT2D eigenvalue weighted by atomic mass is 10.2. The Balaban J connectivity index is 1.91. The fraction of sp³-hybridized carbons (Fsp3) is 0.0625. The normalized spacial score (nSPS) is 10.6. The first-order valence-corrected chi connectivity index (χ1v) is 8.82. The van der Waals surface area contributed by atoms with E-state index in [1.165, 1.54) is 18.3 Å². The molecule has 2 N–H and O–H groups in total. The predicted octanol–water partition coefficient (Wildman–Crippen LogP) is 4.14. The Labute approximate surface area is 171 Å². The summed E-state index contributed by atoms with van der Waals surface area (Å²) in [6, 6.07) is 9.05. The number of rotatable bonds is 6. The highest BCUT2D eigenvalue weighted by Crippen LogP contribution is 2.29. The van der Waals surface area contributed by atoms with Crippen molar-refractivity contribution < 1.29 is 14.5 Å². The minimum absolute atomic E-state index is 0.136. The SMILES string of the molecule is O=C(CC(=O)Nc1cccc(Cl)c1Cl)NN=Cc1ccc(Br)c([N+](=O)[O-])c1. The second kappa shape index (κ2) is 9.45. The molecule has 0 radical (unpaired) electrons. The smallest absolute Gasteiger partial charge is 0.284 e. The van der Waals surface area contributed by atoms with Crippen LogP contribution in [0.25, 0.3) is 0 Å². The van der Waals surface area contributed by atoms with Crippen LogP contribution in [-0.2, 0) is 9.59 Å². The van der Waals surface area contributed by atoms with Crippen LogP contribution in [0.3, 0.4) is 0 Å². The topological polar surface area (TPSA) is 114 Å². The molecule has 0 fully saturated rings. The zero-order chi connectivity index (χ0) is 20.0. The first kappa shape index (κ1) is 20.8. The van der Waals surface area contributed by atoms with Crippen molar-refractivity contribution >= 4 is 68.5 Å². The summed E-state index contributed by atoms with van der Waals surface area (Å²) in [5, 5.41) is 17.5. The van der Waals surface area contributed by atoms with Crippen molar-refractivity contribution in [2.24, 2.45) is 5.10 Å². The van der Waals surface area contributed by atoms with Crippen LogP contribution in [0.15, 0.2) is 46.0 Å². The maximum atomic E-state index is 11.9. The minimum atomic E-state index is -0.673. The molecule has 0 aliphatic carbocycles. The highest BCUT2D eigenvalue weighted by Gasteiger charge is 2.13. The fourth-order valence-corrected chi connectivity index (χ4v) is 2.65. The Hall–Kier alpha value is -2.49. The van der Waals surface area contributed by atoms with Gasteiger partial charge in [-0.2, -0.15) is 5.10 Å². The molecule has 0 spiro atoms. The molecule has 0 saturated heterocycles. The molecule has 0 bridgehead atoms. The van der Waals surface area contributed by atoms with Gasteiger partial charge in [0.25, 0.3) is 5.69 Å². The summed E-state index contributed by atoms with van der Waals surface area (Å²) in [5.41, 5.74) is 2.72. The summed E-state index contributed by atoms with van der Waals surface area (Å²) in [6.07, 6.45) is 0.726. The van der Waals surface area contributed by atoms with Crippen molar-refractivity contribution in [1.82, 2.24) is 5.43 Å². The predicted molar refractivity (Wildman–Crippen MR) is 106 cm³/mol. The Morgan fingerprint density at radius 2 is 1.96 bits per heavy atom. The second-order valence-electron chi connectivity index (χ2n) is 5.09. The molecule has 0 aliphatic heterocycles. The molecule has 0 saturated carbocycles. The summed E-state index contributed by atoms with van der Waals surface area (Å²) in [6.45, 7) is 0. The number of nitro groups is 1. The molecule has 0 heterocycles. The number of nitro benzene ring substituents is 1. The van der Waals surface area contributed by atoms with Gasteiger partial charge in [-0.25, -0.2) is 5.43 Å². The number of carbonyl (C=O) groups is 2. The molecular weight excluding hydrogens is 463 g/mol. The van der Waals surface area contributed by atoms with Gasteiger partial charge in [-0.3, -0.25) is 19.7 Å². The molecule has 27 heavy (non-hydrogen) atoms. The van der Waals surface area contributed by atoms with E-state index in [0.717, 1.165) is 0 Å². The first-order valence-electron chi connectivity index (χ1n) is 7.27. The Bertz CT molecular complexity index is 937. The van der Waals surface area contributed by atoms with E-state index in [-0.39, 0.29) is 21.4 Å². The molecule has 8 nitrogen and oxygen atoms in total. The Morgan fingerprint density at radius 3 is 2.67 bits per heavy atom. The van der Waals surface area contributed by atoms with Crippen LogP contribution in [0.5, 0.6) is 0 Å². The summed E-state index contributed by atoms with van der Waals surface area (Å²) < 4.78 is 0.324. The summed E-state index contributed by atoms with van der Waals surface area (Å²) in [7, 11) is 0. The second-order valence-corrected chi connectivity index (χ2v) is 6.73. The van der Waals surface area contributed by atoms with E-state index in [0.29, 0.717) is 10.0 Å². The van der Waals surface area contributed by atoms with Crippen LogP contribution in [0.4, 0.5) is 11.4 Å². The Kier molecular flexibility index (Phi) is 7.28. The van der Waals surface area contributed by atoms with E-state index in [1.807, 2.05) is 0 Å². The lowest BCUT2D eigenvalue weighted by Crippen LogP contribution is -2.24. The number of benzene rings is 2. The monoisotopic (exact) mass is 472 g/mol. The van der Waals surface area contributed by atoms with E-state index < -0.39 is 23.2 Å². The van der Waals surface area contributed by atoms with Gasteiger partial charge >= 0.3 is 0 Å². The molecule has 0 aliphatic rings. The number of nitrogens with one attached hydrogen (secondary N) is 2. The number of nitrogens with zero attached hydrogens (tertiary/aromatic N) is 2. The van der Waals surface area contributed by atoms with Gasteiger partial charge in [-0.15, -0.1) is 0 Å². The van der Waals surface area contributed by atoms with E-state index in [2.05, 4.69) is 31.8 Å².